The number of nitrogens with one attached hydrogen (secondary N) is 3. The van der Waals surface area contributed by atoms with Gasteiger partial charge in [-0.3, -0.25) is 0 Å². The predicted octanol–water partition coefficient (Wildman–Crippen LogP) is 1.41. The summed E-state index contributed by atoms with van der Waals surface area (Å²) in [5.74, 6) is 0.885. The number of hydrogen-bond donors (Lipinski definition) is 4. The highest BCUT2D eigenvalue weighted by Gasteiger charge is 2.00. The molecule has 4 nitrogen and oxygen atoms in total. The molecule has 2 rings (SSSR count). The summed E-state index contributed by atoms with van der Waals surface area (Å²) < 4.78 is 0. The van der Waals surface area contributed by atoms with Crippen molar-refractivity contribution in [2.75, 3.05) is 18.4 Å². The Morgan fingerprint density at radius 2 is 2.19 bits per heavy atom. The van der Waals surface area contributed by atoms with Crippen LogP contribution in [0.25, 0.3) is 10.9 Å². The Morgan fingerprint density at radius 3 is 2.94 bits per heavy atom. The van der Waals surface area contributed by atoms with Crippen LogP contribution in [-0.4, -0.2) is 23.2 Å². The predicted molar refractivity (Wildman–Crippen MR) is 71.6 cm³/mol. The van der Waals surface area contributed by atoms with Gasteiger partial charge in [-0.1, -0.05) is 18.2 Å². The maximum atomic E-state index is 5.37. The summed E-state index contributed by atoms with van der Waals surface area (Å²) in [5.41, 5.74) is 6.46. The topological polar surface area (TPSA) is 65.9 Å². The van der Waals surface area contributed by atoms with Gasteiger partial charge in [-0.2, -0.15) is 0 Å². The Labute approximate surface area is 99.2 Å². The molecule has 0 aliphatic rings. The molecule has 16 heavy (non-hydrogen) atoms. The molecule has 0 unspecified atom stereocenters. The second-order valence-corrected chi connectivity index (χ2v) is 3.85. The summed E-state index contributed by atoms with van der Waals surface area (Å²) in [7, 11) is 0. The fraction of sp³-hybridized carbons (Fsp3) is 0.182. The van der Waals surface area contributed by atoms with Crippen LogP contribution in [-0.2, 0) is 0 Å². The Balaban J connectivity index is 2.07. The molecule has 5 heteroatoms. The summed E-state index contributed by atoms with van der Waals surface area (Å²) >= 11 is 5.11. The highest BCUT2D eigenvalue weighted by atomic mass is 32.1. The molecule has 0 amide bonds. The molecular weight excluding hydrogens is 220 g/mol. The Bertz CT molecular complexity index is 458. The van der Waals surface area contributed by atoms with Crippen LogP contribution in [0.4, 0.5) is 5.82 Å². The lowest BCUT2D eigenvalue weighted by Gasteiger charge is -2.07. The van der Waals surface area contributed by atoms with Gasteiger partial charge in [0.2, 0.25) is 0 Å². The van der Waals surface area contributed by atoms with Crippen molar-refractivity contribution in [1.82, 2.24) is 10.3 Å². The van der Waals surface area contributed by atoms with Gasteiger partial charge < -0.3 is 21.4 Å². The summed E-state index contributed by atoms with van der Waals surface area (Å²) in [6.07, 6.45) is 0. The standard InChI is InChI=1S/C11H14N4S/c12-5-6-13-11(16)15-10-7-8-3-1-2-4-9(8)14-10/h1-4,7,14H,5-6,12H2,(H2,13,15,16). The number of H-pyrrole nitrogens is 1. The molecule has 0 saturated carbocycles. The second-order valence-electron chi connectivity index (χ2n) is 3.44. The first kappa shape index (κ1) is 10.9. The molecule has 0 bridgehead atoms. The zero-order chi connectivity index (χ0) is 11.4. The van der Waals surface area contributed by atoms with Gasteiger partial charge in [0.15, 0.2) is 5.11 Å². The number of rotatable bonds is 3. The van der Waals surface area contributed by atoms with E-state index >= 15 is 0 Å². The monoisotopic (exact) mass is 234 g/mol. The summed E-state index contributed by atoms with van der Waals surface area (Å²) in [6.45, 7) is 1.24. The normalized spacial score (nSPS) is 10.3. The fourth-order valence-corrected chi connectivity index (χ4v) is 1.70. The zero-order valence-electron chi connectivity index (χ0n) is 8.79. The molecule has 84 valence electrons. The number of benzene rings is 1. The molecule has 5 N–H and O–H groups in total. The number of hydrogen-bond acceptors (Lipinski definition) is 2. The van der Waals surface area contributed by atoms with Gasteiger partial charge in [0.1, 0.15) is 5.82 Å². The van der Waals surface area contributed by atoms with Crippen molar-refractivity contribution >= 4 is 34.1 Å². The Kier molecular flexibility index (Phi) is 3.38. The third kappa shape index (κ3) is 2.50. The number of thiocarbonyl (C=S) groups is 1. The molecule has 0 aliphatic carbocycles. The van der Waals surface area contributed by atoms with E-state index in [0.717, 1.165) is 16.7 Å². The molecule has 0 fully saturated rings. The van der Waals surface area contributed by atoms with Gasteiger partial charge in [0.25, 0.3) is 0 Å². The van der Waals surface area contributed by atoms with Crippen LogP contribution >= 0.6 is 12.2 Å². The molecule has 0 saturated heterocycles. The van der Waals surface area contributed by atoms with Crippen LogP contribution in [0.5, 0.6) is 0 Å². The van der Waals surface area contributed by atoms with E-state index in [1.165, 1.54) is 0 Å². The van der Waals surface area contributed by atoms with Gasteiger partial charge >= 0.3 is 0 Å². The van der Waals surface area contributed by atoms with Gasteiger partial charge in [-0.05, 0) is 24.4 Å². The van der Waals surface area contributed by atoms with Crippen molar-refractivity contribution in [2.24, 2.45) is 5.73 Å². The minimum Gasteiger partial charge on any atom is -0.361 e. The van der Waals surface area contributed by atoms with E-state index in [-0.39, 0.29) is 0 Å². The molecule has 0 spiro atoms. The first-order valence-corrected chi connectivity index (χ1v) is 5.53. The third-order valence-electron chi connectivity index (χ3n) is 2.21. The fourth-order valence-electron chi connectivity index (χ4n) is 1.49. The van der Waals surface area contributed by atoms with Gasteiger partial charge in [0.05, 0.1) is 0 Å². The van der Waals surface area contributed by atoms with Gasteiger partial charge in [-0.15, -0.1) is 0 Å². The molecule has 2 aromatic rings. The average molecular weight is 234 g/mol. The van der Waals surface area contributed by atoms with E-state index in [0.29, 0.717) is 18.2 Å². The van der Waals surface area contributed by atoms with Crippen molar-refractivity contribution in [1.29, 1.82) is 0 Å². The van der Waals surface area contributed by atoms with Crippen LogP contribution in [0.15, 0.2) is 30.3 Å². The largest absolute Gasteiger partial charge is 0.361 e. The van der Waals surface area contributed by atoms with Gasteiger partial charge in [-0.25, -0.2) is 0 Å². The maximum Gasteiger partial charge on any atom is 0.171 e. The smallest absolute Gasteiger partial charge is 0.171 e. The number of anilines is 1. The quantitative estimate of drug-likeness (QED) is 0.606. The lowest BCUT2D eigenvalue weighted by Crippen LogP contribution is -2.32. The summed E-state index contributed by atoms with van der Waals surface area (Å²) in [6, 6.07) is 10.1. The second kappa shape index (κ2) is 4.96. The lowest BCUT2D eigenvalue weighted by atomic mass is 10.2. The third-order valence-corrected chi connectivity index (χ3v) is 2.45. The molecule has 0 radical (unpaired) electrons. The van der Waals surface area contributed by atoms with Crippen molar-refractivity contribution in [3.05, 3.63) is 30.3 Å². The van der Waals surface area contributed by atoms with E-state index in [9.17, 15) is 0 Å². The van der Waals surface area contributed by atoms with E-state index in [2.05, 4.69) is 15.6 Å². The first-order chi connectivity index (χ1) is 7.79. The highest BCUT2D eigenvalue weighted by molar-refractivity contribution is 7.80. The molecule has 1 aromatic heterocycles. The number of fused-ring (bicyclic) bond motifs is 1. The van der Waals surface area contributed by atoms with E-state index in [1.54, 1.807) is 0 Å². The van der Waals surface area contributed by atoms with Crippen LogP contribution in [0.1, 0.15) is 0 Å². The van der Waals surface area contributed by atoms with Crippen molar-refractivity contribution in [2.45, 2.75) is 0 Å². The van der Waals surface area contributed by atoms with Gasteiger partial charge in [0, 0.05) is 24.0 Å². The van der Waals surface area contributed by atoms with E-state index in [1.807, 2.05) is 30.3 Å². The number of para-hydroxylation sites is 1. The molecule has 1 aromatic carbocycles. The van der Waals surface area contributed by atoms with Crippen LogP contribution < -0.4 is 16.4 Å². The van der Waals surface area contributed by atoms with Crippen molar-refractivity contribution in [3.8, 4) is 0 Å². The zero-order valence-corrected chi connectivity index (χ0v) is 9.60. The average Bonchev–Trinajstić information content (AvgIpc) is 2.68. The number of aromatic nitrogens is 1. The lowest BCUT2D eigenvalue weighted by molar-refractivity contribution is 0.883. The van der Waals surface area contributed by atoms with Crippen molar-refractivity contribution in [3.63, 3.8) is 0 Å². The molecular formula is C11H14N4S. The first-order valence-electron chi connectivity index (χ1n) is 5.12. The SMILES string of the molecule is NCCNC(=S)Nc1cc2ccccc2[nH]1. The van der Waals surface area contributed by atoms with Crippen molar-refractivity contribution < 1.29 is 0 Å². The maximum absolute atomic E-state index is 5.37. The minimum atomic E-state index is 0.564. The van der Waals surface area contributed by atoms with E-state index in [4.69, 9.17) is 18.0 Å². The van der Waals surface area contributed by atoms with E-state index < -0.39 is 0 Å². The summed E-state index contributed by atoms with van der Waals surface area (Å²) in [5, 5.41) is 7.82. The highest BCUT2D eigenvalue weighted by Crippen LogP contribution is 2.17. The van der Waals surface area contributed by atoms with Crippen LogP contribution in [0.2, 0.25) is 0 Å². The Hall–Kier alpha value is -1.59. The van der Waals surface area contributed by atoms with Crippen LogP contribution in [0, 0.1) is 0 Å². The molecule has 0 atom stereocenters. The molecule has 0 aliphatic heterocycles. The number of nitrogens with two attached hydrogens (primary N) is 1. The van der Waals surface area contributed by atoms with Crippen LogP contribution in [0.3, 0.4) is 0 Å². The molecule has 1 heterocycles. The summed E-state index contributed by atoms with van der Waals surface area (Å²) in [4.78, 5) is 3.23. The number of aromatic amines is 1. The Morgan fingerprint density at radius 1 is 1.38 bits per heavy atom. The minimum absolute atomic E-state index is 0.564.